The predicted octanol–water partition coefficient (Wildman–Crippen LogP) is 1.28. The zero-order chi connectivity index (χ0) is 17.7. The van der Waals surface area contributed by atoms with E-state index >= 15 is 0 Å². The van der Waals surface area contributed by atoms with E-state index in [2.05, 4.69) is 35.8 Å². The van der Waals surface area contributed by atoms with Crippen LogP contribution in [0, 0.1) is 25.7 Å². The van der Waals surface area contributed by atoms with E-state index in [0.717, 1.165) is 31.9 Å². The molecule has 0 bridgehead atoms. The smallest absolute Gasteiger partial charge is 0.126 e. The molecule has 1 heterocycles. The van der Waals surface area contributed by atoms with Gasteiger partial charge in [-0.25, -0.2) is 0 Å². The number of hydrogen-bond acceptors (Lipinski definition) is 5. The van der Waals surface area contributed by atoms with Gasteiger partial charge in [0, 0.05) is 44.9 Å². The zero-order valence-electron chi connectivity index (χ0n) is 15.5. The molecule has 0 aromatic heterocycles. The Labute approximate surface area is 145 Å². The van der Waals surface area contributed by atoms with Gasteiger partial charge in [0.1, 0.15) is 5.75 Å². The molecule has 2 atom stereocenters. The molecule has 0 radical (unpaired) electrons. The minimum absolute atomic E-state index is 0.177. The molecule has 136 valence electrons. The third-order valence-electron chi connectivity index (χ3n) is 5.01. The van der Waals surface area contributed by atoms with E-state index in [4.69, 9.17) is 9.84 Å². The molecule has 0 spiro atoms. The van der Waals surface area contributed by atoms with E-state index in [1.165, 1.54) is 16.7 Å². The Kier molecular flexibility index (Phi) is 7.04. The SMILES string of the molecule is COc1c(C)cc(C)cc1CN1C[C@@H](CN(C)CCO)[C@@H](CO)C1. The molecule has 1 aromatic carbocycles. The maximum Gasteiger partial charge on any atom is 0.126 e. The summed E-state index contributed by atoms with van der Waals surface area (Å²) in [6, 6.07) is 4.35. The maximum atomic E-state index is 9.73. The second-order valence-electron chi connectivity index (χ2n) is 7.16. The largest absolute Gasteiger partial charge is 0.496 e. The lowest BCUT2D eigenvalue weighted by Crippen LogP contribution is -2.32. The van der Waals surface area contributed by atoms with Crippen molar-refractivity contribution >= 4 is 0 Å². The van der Waals surface area contributed by atoms with Crippen molar-refractivity contribution in [3.8, 4) is 5.75 Å². The molecule has 0 aliphatic carbocycles. The molecule has 2 N–H and O–H groups in total. The standard InChI is InChI=1S/C19H32N2O3/c1-14-7-15(2)19(24-4)16(8-14)10-21-11-17(18(12-21)13-23)9-20(3)5-6-22/h7-8,17-18,22-23H,5-6,9-13H2,1-4H3/t17-,18-/m1/s1. The van der Waals surface area contributed by atoms with Crippen molar-refractivity contribution in [1.82, 2.24) is 9.80 Å². The fourth-order valence-corrected chi connectivity index (χ4v) is 3.93. The number of likely N-dealkylation sites (tertiary alicyclic amines) is 1. The Morgan fingerprint density at radius 1 is 1.21 bits per heavy atom. The molecule has 1 aromatic rings. The van der Waals surface area contributed by atoms with Crippen LogP contribution in [0.1, 0.15) is 16.7 Å². The summed E-state index contributed by atoms with van der Waals surface area (Å²) in [5, 5.41) is 18.8. The number of aliphatic hydroxyl groups excluding tert-OH is 2. The number of rotatable bonds is 8. The molecule has 5 heteroatoms. The fraction of sp³-hybridized carbons (Fsp3) is 0.684. The molecule has 24 heavy (non-hydrogen) atoms. The Balaban J connectivity index is 2.06. The highest BCUT2D eigenvalue weighted by atomic mass is 16.5. The van der Waals surface area contributed by atoms with Gasteiger partial charge < -0.3 is 19.8 Å². The van der Waals surface area contributed by atoms with E-state index in [0.29, 0.717) is 18.4 Å². The summed E-state index contributed by atoms with van der Waals surface area (Å²) in [5.74, 6) is 1.70. The van der Waals surface area contributed by atoms with Gasteiger partial charge in [-0.1, -0.05) is 17.7 Å². The van der Waals surface area contributed by atoms with E-state index in [1.54, 1.807) is 7.11 Å². The molecule has 0 unspecified atom stereocenters. The lowest BCUT2D eigenvalue weighted by molar-refractivity contribution is 0.160. The average molecular weight is 336 g/mol. The molecule has 5 nitrogen and oxygen atoms in total. The van der Waals surface area contributed by atoms with Crippen molar-refractivity contribution in [3.05, 3.63) is 28.8 Å². The lowest BCUT2D eigenvalue weighted by Gasteiger charge is -2.23. The number of ether oxygens (including phenoxy) is 1. The van der Waals surface area contributed by atoms with Crippen molar-refractivity contribution in [1.29, 1.82) is 0 Å². The molecular formula is C19H32N2O3. The first-order chi connectivity index (χ1) is 11.5. The summed E-state index contributed by atoms with van der Waals surface area (Å²) >= 11 is 0. The van der Waals surface area contributed by atoms with Gasteiger partial charge in [0.05, 0.1) is 13.7 Å². The number of methoxy groups -OCH3 is 1. The number of nitrogens with zero attached hydrogens (tertiary/aromatic N) is 2. The third-order valence-corrected chi connectivity index (χ3v) is 5.01. The van der Waals surface area contributed by atoms with Crippen molar-refractivity contribution in [2.24, 2.45) is 11.8 Å². The monoisotopic (exact) mass is 336 g/mol. The summed E-state index contributed by atoms with van der Waals surface area (Å²) in [6.45, 7) is 8.91. The predicted molar refractivity (Wildman–Crippen MR) is 96.4 cm³/mol. The number of aliphatic hydroxyl groups is 2. The van der Waals surface area contributed by atoms with Crippen LogP contribution in [-0.4, -0.2) is 73.6 Å². The lowest BCUT2D eigenvalue weighted by atomic mass is 9.96. The topological polar surface area (TPSA) is 56.2 Å². The average Bonchev–Trinajstić information content (AvgIpc) is 2.88. The number of likely N-dealkylation sites (N-methyl/N-ethyl adjacent to an activating group) is 1. The minimum atomic E-state index is 0.177. The number of hydrogen-bond donors (Lipinski definition) is 2. The van der Waals surface area contributed by atoms with Gasteiger partial charge in [0.2, 0.25) is 0 Å². The first-order valence-corrected chi connectivity index (χ1v) is 8.75. The van der Waals surface area contributed by atoms with Crippen LogP contribution in [-0.2, 0) is 6.54 Å². The van der Waals surface area contributed by atoms with E-state index in [1.807, 2.05) is 7.05 Å². The summed E-state index contributed by atoms with van der Waals surface area (Å²) < 4.78 is 5.61. The second-order valence-corrected chi connectivity index (χ2v) is 7.16. The molecular weight excluding hydrogens is 304 g/mol. The first-order valence-electron chi connectivity index (χ1n) is 8.75. The molecule has 1 aliphatic heterocycles. The van der Waals surface area contributed by atoms with Gasteiger partial charge in [-0.2, -0.15) is 0 Å². The van der Waals surface area contributed by atoms with Crippen molar-refractivity contribution in [2.45, 2.75) is 20.4 Å². The van der Waals surface area contributed by atoms with Crippen molar-refractivity contribution in [2.75, 3.05) is 53.6 Å². The second kappa shape index (κ2) is 8.81. The normalized spacial score (nSPS) is 21.6. The van der Waals surface area contributed by atoms with Gasteiger partial charge in [0.25, 0.3) is 0 Å². The molecule has 2 rings (SSSR count). The molecule has 0 saturated carbocycles. The maximum absolute atomic E-state index is 9.73. The van der Waals surface area contributed by atoms with E-state index in [-0.39, 0.29) is 13.2 Å². The summed E-state index contributed by atoms with van der Waals surface area (Å²) in [6.07, 6.45) is 0. The molecule has 0 amide bonds. The van der Waals surface area contributed by atoms with Crippen LogP contribution in [0.5, 0.6) is 5.75 Å². The highest BCUT2D eigenvalue weighted by Crippen LogP contribution is 2.30. The van der Waals surface area contributed by atoms with Crippen LogP contribution < -0.4 is 4.74 Å². The van der Waals surface area contributed by atoms with Gasteiger partial charge in [0.15, 0.2) is 0 Å². The summed E-state index contributed by atoms with van der Waals surface area (Å²) in [4.78, 5) is 4.56. The van der Waals surface area contributed by atoms with Gasteiger partial charge >= 0.3 is 0 Å². The third kappa shape index (κ3) is 4.70. The Morgan fingerprint density at radius 3 is 2.54 bits per heavy atom. The Morgan fingerprint density at radius 2 is 1.92 bits per heavy atom. The van der Waals surface area contributed by atoms with Gasteiger partial charge in [-0.15, -0.1) is 0 Å². The van der Waals surface area contributed by atoms with Crippen molar-refractivity contribution in [3.63, 3.8) is 0 Å². The van der Waals surface area contributed by atoms with Crippen LogP contribution >= 0.6 is 0 Å². The fourth-order valence-electron chi connectivity index (χ4n) is 3.93. The summed E-state index contributed by atoms with van der Waals surface area (Å²) in [5.41, 5.74) is 3.64. The number of aryl methyl sites for hydroxylation is 2. The molecule has 1 saturated heterocycles. The van der Waals surface area contributed by atoms with Crippen LogP contribution in [0.3, 0.4) is 0 Å². The van der Waals surface area contributed by atoms with E-state index in [9.17, 15) is 5.11 Å². The minimum Gasteiger partial charge on any atom is -0.496 e. The highest BCUT2D eigenvalue weighted by Gasteiger charge is 2.33. The van der Waals surface area contributed by atoms with Crippen LogP contribution in [0.25, 0.3) is 0 Å². The molecule has 1 aliphatic rings. The Bertz CT molecular complexity index is 536. The van der Waals surface area contributed by atoms with Crippen molar-refractivity contribution < 1.29 is 14.9 Å². The quantitative estimate of drug-likeness (QED) is 0.749. The molecule has 1 fully saturated rings. The van der Waals surface area contributed by atoms with E-state index < -0.39 is 0 Å². The zero-order valence-corrected chi connectivity index (χ0v) is 15.5. The Hall–Kier alpha value is -1.14. The number of benzene rings is 1. The van der Waals surface area contributed by atoms with Crippen LogP contribution in [0.2, 0.25) is 0 Å². The van der Waals surface area contributed by atoms with Gasteiger partial charge in [-0.05, 0) is 38.3 Å². The summed E-state index contributed by atoms with van der Waals surface area (Å²) in [7, 11) is 3.76. The first kappa shape index (κ1) is 19.2. The van der Waals surface area contributed by atoms with Crippen LogP contribution in [0.15, 0.2) is 12.1 Å². The van der Waals surface area contributed by atoms with Crippen LogP contribution in [0.4, 0.5) is 0 Å². The van der Waals surface area contributed by atoms with Gasteiger partial charge in [-0.3, -0.25) is 4.90 Å². The highest BCUT2D eigenvalue weighted by molar-refractivity contribution is 5.43.